The number of hydrogen-bond acceptors (Lipinski definition) is 5. The van der Waals surface area contributed by atoms with Gasteiger partial charge in [-0.25, -0.2) is 15.0 Å². The van der Waals surface area contributed by atoms with Crippen molar-refractivity contribution < 1.29 is 0 Å². The van der Waals surface area contributed by atoms with Gasteiger partial charge in [0.2, 0.25) is 5.95 Å². The Balaban J connectivity index is 1.10. The third kappa shape index (κ3) is 6.02. The van der Waals surface area contributed by atoms with Crippen LogP contribution in [0.25, 0.3) is 112 Å². The van der Waals surface area contributed by atoms with Gasteiger partial charge in [-0.05, 0) is 42.5 Å². The normalized spacial score (nSPS) is 11.5. The van der Waals surface area contributed by atoms with E-state index in [2.05, 4.69) is 124 Å². The van der Waals surface area contributed by atoms with Crippen LogP contribution in [0.5, 0.6) is 0 Å². The minimum absolute atomic E-state index is 0.553. The monoisotopic (exact) mass is 793 g/mol. The van der Waals surface area contributed by atoms with E-state index in [4.69, 9.17) is 24.9 Å². The summed E-state index contributed by atoms with van der Waals surface area (Å²) in [5.41, 5.74) is 11.8. The van der Waals surface area contributed by atoms with Gasteiger partial charge in [0, 0.05) is 55.0 Å². The molecule has 0 aliphatic carbocycles. The minimum atomic E-state index is 0.553. The molecule has 0 unspecified atom stereocenters. The first-order valence-corrected chi connectivity index (χ1v) is 20.7. The summed E-state index contributed by atoms with van der Waals surface area (Å²) in [6, 6.07) is 73.3. The highest BCUT2D eigenvalue weighted by Gasteiger charge is 2.22. The molecule has 62 heavy (non-hydrogen) atoms. The molecule has 0 aliphatic rings. The third-order valence-corrected chi connectivity index (χ3v) is 11.6. The minimum Gasteiger partial charge on any atom is -0.309 e. The summed E-state index contributed by atoms with van der Waals surface area (Å²) in [4.78, 5) is 25.7. The fraction of sp³-hybridized carbons (Fsp3) is 0. The molecule has 0 saturated carbocycles. The molecule has 4 heterocycles. The zero-order chi connectivity index (χ0) is 41.0. The van der Waals surface area contributed by atoms with Crippen LogP contribution >= 0.6 is 0 Å². The van der Waals surface area contributed by atoms with Crippen LogP contribution in [-0.2, 0) is 0 Å². The van der Waals surface area contributed by atoms with E-state index in [1.807, 2.05) is 97.1 Å². The summed E-state index contributed by atoms with van der Waals surface area (Å²) in [5.74, 6) is 2.44. The van der Waals surface area contributed by atoms with Crippen molar-refractivity contribution >= 4 is 43.6 Å². The summed E-state index contributed by atoms with van der Waals surface area (Å²) in [5, 5.41) is 4.56. The molecule has 290 valence electrons. The molecule has 12 aromatic rings. The predicted octanol–water partition coefficient (Wildman–Crippen LogP) is 13.2. The average Bonchev–Trinajstić information content (AvgIpc) is 3.86. The molecule has 0 radical (unpaired) electrons. The van der Waals surface area contributed by atoms with Crippen LogP contribution in [0, 0.1) is 0 Å². The van der Waals surface area contributed by atoms with Gasteiger partial charge in [-0.3, -0.25) is 4.57 Å². The van der Waals surface area contributed by atoms with Crippen LogP contribution in [0.4, 0.5) is 0 Å². The lowest BCUT2D eigenvalue weighted by Gasteiger charge is -2.13. The lowest BCUT2D eigenvalue weighted by atomic mass is 10.1. The first kappa shape index (κ1) is 35.4. The van der Waals surface area contributed by atoms with Gasteiger partial charge in [0.25, 0.3) is 0 Å². The molecule has 0 spiro atoms. The number of fused-ring (bicyclic) bond motifs is 6. The van der Waals surface area contributed by atoms with Crippen LogP contribution in [0.15, 0.2) is 212 Å². The molecule has 0 fully saturated rings. The van der Waals surface area contributed by atoms with Crippen LogP contribution < -0.4 is 0 Å². The number of benzene rings is 8. The maximum absolute atomic E-state index is 5.20. The Labute approximate surface area is 356 Å². The standard InChI is InChI=1S/C55H35N7/c1-5-18-36(19-6-1)46-34-47(37-20-7-2-8-21-37)57-54(56-46)40-26-17-27-41(32-40)61-48-30-15-13-28-42(48)44-33-45-43-29-14-16-31-49(43)62(51(45)35-50(44)61)55-59-52(38-22-9-3-10-23-38)58-53(60-55)39-24-11-4-12-25-39/h1-35H. The zero-order valence-corrected chi connectivity index (χ0v) is 33.3. The van der Waals surface area contributed by atoms with Gasteiger partial charge in [-0.2, -0.15) is 9.97 Å². The van der Waals surface area contributed by atoms with Gasteiger partial charge >= 0.3 is 0 Å². The summed E-state index contributed by atoms with van der Waals surface area (Å²) in [6.07, 6.45) is 0. The van der Waals surface area contributed by atoms with E-state index in [0.717, 1.165) is 83.1 Å². The Hall–Kier alpha value is -8.55. The predicted molar refractivity (Wildman–Crippen MR) is 251 cm³/mol. The van der Waals surface area contributed by atoms with Crippen molar-refractivity contribution in [2.24, 2.45) is 0 Å². The van der Waals surface area contributed by atoms with E-state index >= 15 is 0 Å². The van der Waals surface area contributed by atoms with Crippen LogP contribution in [-0.4, -0.2) is 34.1 Å². The van der Waals surface area contributed by atoms with E-state index in [1.54, 1.807) is 0 Å². The Bertz CT molecular complexity index is 3500. The lowest BCUT2D eigenvalue weighted by molar-refractivity contribution is 0.953. The highest BCUT2D eigenvalue weighted by molar-refractivity contribution is 6.19. The van der Waals surface area contributed by atoms with Crippen molar-refractivity contribution in [3.63, 3.8) is 0 Å². The van der Waals surface area contributed by atoms with E-state index in [0.29, 0.717) is 23.4 Å². The smallest absolute Gasteiger partial charge is 0.238 e. The lowest BCUT2D eigenvalue weighted by Crippen LogP contribution is -2.06. The highest BCUT2D eigenvalue weighted by atomic mass is 15.2. The van der Waals surface area contributed by atoms with E-state index < -0.39 is 0 Å². The summed E-state index contributed by atoms with van der Waals surface area (Å²) < 4.78 is 4.55. The average molecular weight is 794 g/mol. The van der Waals surface area contributed by atoms with Crippen molar-refractivity contribution in [2.45, 2.75) is 0 Å². The van der Waals surface area contributed by atoms with Gasteiger partial charge in [0.15, 0.2) is 17.5 Å². The molecule has 8 aromatic carbocycles. The largest absolute Gasteiger partial charge is 0.309 e. The van der Waals surface area contributed by atoms with Crippen LogP contribution in [0.3, 0.4) is 0 Å². The number of para-hydroxylation sites is 2. The maximum atomic E-state index is 5.20. The highest BCUT2D eigenvalue weighted by Crippen LogP contribution is 2.40. The summed E-state index contributed by atoms with van der Waals surface area (Å²) in [7, 11) is 0. The fourth-order valence-electron chi connectivity index (χ4n) is 8.70. The SMILES string of the molecule is c1ccc(-c2cc(-c3ccccc3)nc(-c3cccc(-n4c5ccccc5c5cc6c7ccccc7n(-c7nc(-c8ccccc8)nc(-c8ccccc8)n7)c6cc54)c3)n2)cc1. The van der Waals surface area contributed by atoms with Gasteiger partial charge in [0.05, 0.1) is 33.5 Å². The first-order valence-electron chi connectivity index (χ1n) is 20.7. The van der Waals surface area contributed by atoms with Crippen molar-refractivity contribution in [3.8, 4) is 68.3 Å². The molecule has 0 aliphatic heterocycles. The molecular weight excluding hydrogens is 759 g/mol. The Morgan fingerprint density at radius 2 is 0.694 bits per heavy atom. The molecule has 0 N–H and O–H groups in total. The van der Waals surface area contributed by atoms with E-state index in [-0.39, 0.29) is 0 Å². The Morgan fingerprint density at radius 1 is 0.258 bits per heavy atom. The second kappa shape index (κ2) is 14.6. The molecule has 7 nitrogen and oxygen atoms in total. The molecule has 12 rings (SSSR count). The number of nitrogens with zero attached hydrogens (tertiary/aromatic N) is 7. The number of aromatic nitrogens is 7. The molecule has 4 aromatic heterocycles. The Kier molecular flexibility index (Phi) is 8.35. The van der Waals surface area contributed by atoms with E-state index in [1.165, 1.54) is 5.39 Å². The van der Waals surface area contributed by atoms with Crippen molar-refractivity contribution in [3.05, 3.63) is 212 Å². The van der Waals surface area contributed by atoms with Crippen molar-refractivity contribution in [1.82, 2.24) is 34.1 Å². The summed E-state index contributed by atoms with van der Waals surface area (Å²) in [6.45, 7) is 0. The number of rotatable bonds is 7. The van der Waals surface area contributed by atoms with Gasteiger partial charge in [-0.1, -0.05) is 170 Å². The molecule has 0 bridgehead atoms. The quantitative estimate of drug-likeness (QED) is 0.161. The molecular formula is C55H35N7. The van der Waals surface area contributed by atoms with Crippen LogP contribution in [0.2, 0.25) is 0 Å². The van der Waals surface area contributed by atoms with Gasteiger partial charge < -0.3 is 4.57 Å². The van der Waals surface area contributed by atoms with Crippen molar-refractivity contribution in [1.29, 1.82) is 0 Å². The van der Waals surface area contributed by atoms with Gasteiger partial charge in [0.1, 0.15) is 0 Å². The number of hydrogen-bond donors (Lipinski definition) is 0. The van der Waals surface area contributed by atoms with Crippen molar-refractivity contribution in [2.75, 3.05) is 0 Å². The second-order valence-electron chi connectivity index (χ2n) is 15.4. The first-order chi connectivity index (χ1) is 30.7. The van der Waals surface area contributed by atoms with Gasteiger partial charge in [-0.15, -0.1) is 0 Å². The topological polar surface area (TPSA) is 74.3 Å². The Morgan fingerprint density at radius 3 is 1.24 bits per heavy atom. The molecule has 0 saturated heterocycles. The molecule has 0 amide bonds. The second-order valence-corrected chi connectivity index (χ2v) is 15.4. The van der Waals surface area contributed by atoms with Crippen LogP contribution in [0.1, 0.15) is 0 Å². The third-order valence-electron chi connectivity index (χ3n) is 11.6. The molecule has 7 heteroatoms. The fourth-order valence-corrected chi connectivity index (χ4v) is 8.70. The summed E-state index contributed by atoms with van der Waals surface area (Å²) >= 11 is 0. The maximum Gasteiger partial charge on any atom is 0.238 e. The van der Waals surface area contributed by atoms with E-state index in [9.17, 15) is 0 Å². The molecule has 0 atom stereocenters. The zero-order valence-electron chi connectivity index (χ0n) is 33.3.